The summed E-state index contributed by atoms with van der Waals surface area (Å²) in [4.78, 5) is 19.2. The molecule has 7 nitrogen and oxygen atoms in total. The lowest BCUT2D eigenvalue weighted by atomic mass is 9.93. The Hall–Kier alpha value is -2.87. The number of benzene rings is 1. The van der Waals surface area contributed by atoms with Gasteiger partial charge in [0.1, 0.15) is 17.7 Å². The minimum Gasteiger partial charge on any atom is -0.489 e. The van der Waals surface area contributed by atoms with Crippen LogP contribution in [0.25, 0.3) is 16.7 Å². The fourth-order valence-electron chi connectivity index (χ4n) is 3.98. The molecule has 1 aromatic carbocycles. The van der Waals surface area contributed by atoms with Gasteiger partial charge in [-0.25, -0.2) is 13.4 Å². The summed E-state index contributed by atoms with van der Waals surface area (Å²) < 4.78 is 31.6. The molecule has 170 valence electrons. The number of fused-ring (bicyclic) bond motifs is 1. The lowest BCUT2D eigenvalue weighted by molar-refractivity contribution is -0.141. The molecule has 4 rings (SSSR count). The van der Waals surface area contributed by atoms with Gasteiger partial charge in [0, 0.05) is 49.2 Å². The van der Waals surface area contributed by atoms with Crippen molar-refractivity contribution in [1.82, 2.24) is 14.5 Å². The third-order valence-electron chi connectivity index (χ3n) is 5.73. The molecule has 1 amide bonds. The van der Waals surface area contributed by atoms with Crippen LogP contribution in [0.15, 0.2) is 53.7 Å². The highest BCUT2D eigenvalue weighted by atomic mass is 32.2. The highest BCUT2D eigenvalue weighted by Gasteiger charge is 2.30. The Morgan fingerprint density at radius 2 is 1.81 bits per heavy atom. The fraction of sp³-hybridized carbons (Fsp3) is 0.417. The van der Waals surface area contributed by atoms with E-state index in [1.807, 2.05) is 54.6 Å². The summed E-state index contributed by atoms with van der Waals surface area (Å²) in [7, 11) is -3.25. The van der Waals surface area contributed by atoms with E-state index in [1.165, 1.54) is 6.26 Å². The molecular formula is C24H29N3O4S. The predicted molar refractivity (Wildman–Crippen MR) is 124 cm³/mol. The first-order valence-electron chi connectivity index (χ1n) is 10.8. The molecule has 2 aromatic heterocycles. The van der Waals surface area contributed by atoms with Gasteiger partial charge in [0.15, 0.2) is 9.84 Å². The lowest BCUT2D eigenvalue weighted by Gasteiger charge is -2.35. The molecule has 3 aromatic rings. The standard InChI is InChI=1S/C24H29N3O4S/c1-24(2,3)23(28)26-12-10-18(11-13-26)31-19-5-8-22(25-16-19)27-14-9-17-15-20(32(4,29)30)6-7-21(17)27/h5-9,14-16,18H,10-13H2,1-4H3. The maximum atomic E-state index is 12.4. The largest absolute Gasteiger partial charge is 0.489 e. The Morgan fingerprint density at radius 3 is 2.41 bits per heavy atom. The first-order chi connectivity index (χ1) is 15.0. The number of amides is 1. The average molecular weight is 456 g/mol. The molecule has 0 N–H and O–H groups in total. The molecule has 0 radical (unpaired) electrons. The Bertz CT molecular complexity index is 1230. The summed E-state index contributed by atoms with van der Waals surface area (Å²) in [6.07, 6.45) is 6.45. The minimum atomic E-state index is -3.25. The van der Waals surface area contributed by atoms with Gasteiger partial charge in [0.05, 0.1) is 16.6 Å². The summed E-state index contributed by atoms with van der Waals surface area (Å²) >= 11 is 0. The third kappa shape index (κ3) is 4.65. The summed E-state index contributed by atoms with van der Waals surface area (Å²) in [5, 5.41) is 0.839. The van der Waals surface area contributed by atoms with Crippen LogP contribution in [-0.4, -0.2) is 54.2 Å². The first kappa shape index (κ1) is 22.3. The number of hydrogen-bond donors (Lipinski definition) is 0. The number of likely N-dealkylation sites (tertiary alicyclic amines) is 1. The molecule has 1 saturated heterocycles. The van der Waals surface area contributed by atoms with E-state index in [4.69, 9.17) is 4.74 Å². The van der Waals surface area contributed by atoms with E-state index in [1.54, 1.807) is 24.4 Å². The quantitative estimate of drug-likeness (QED) is 0.597. The fourth-order valence-corrected chi connectivity index (χ4v) is 4.64. The summed E-state index contributed by atoms with van der Waals surface area (Å²) in [5.41, 5.74) is 0.525. The van der Waals surface area contributed by atoms with E-state index >= 15 is 0 Å². The van der Waals surface area contributed by atoms with Gasteiger partial charge in [-0.05, 0) is 36.4 Å². The number of ether oxygens (including phenoxy) is 1. The average Bonchev–Trinajstić information content (AvgIpc) is 3.16. The molecule has 3 heterocycles. The molecule has 0 atom stereocenters. The summed E-state index contributed by atoms with van der Waals surface area (Å²) in [5.74, 6) is 1.61. The summed E-state index contributed by atoms with van der Waals surface area (Å²) in [6, 6.07) is 10.7. The van der Waals surface area contributed by atoms with Crippen molar-refractivity contribution in [3.8, 4) is 11.6 Å². The molecule has 0 aliphatic carbocycles. The predicted octanol–water partition coefficient (Wildman–Crippen LogP) is 3.84. The van der Waals surface area contributed by atoms with E-state index in [0.29, 0.717) is 23.7 Å². The van der Waals surface area contributed by atoms with Crippen molar-refractivity contribution in [2.75, 3.05) is 19.3 Å². The minimum absolute atomic E-state index is 0.0634. The van der Waals surface area contributed by atoms with Gasteiger partial charge < -0.3 is 14.2 Å². The maximum Gasteiger partial charge on any atom is 0.227 e. The monoisotopic (exact) mass is 455 g/mol. The van der Waals surface area contributed by atoms with Crippen molar-refractivity contribution in [1.29, 1.82) is 0 Å². The van der Waals surface area contributed by atoms with Crippen LogP contribution in [0.2, 0.25) is 0 Å². The van der Waals surface area contributed by atoms with Crippen LogP contribution in [-0.2, 0) is 14.6 Å². The molecule has 0 unspecified atom stereocenters. The van der Waals surface area contributed by atoms with Crippen molar-refractivity contribution in [3.63, 3.8) is 0 Å². The molecular weight excluding hydrogens is 426 g/mol. The lowest BCUT2D eigenvalue weighted by Crippen LogP contribution is -2.46. The van der Waals surface area contributed by atoms with Crippen LogP contribution in [0, 0.1) is 5.41 Å². The number of aromatic nitrogens is 2. The molecule has 1 aliphatic rings. The van der Waals surface area contributed by atoms with E-state index in [9.17, 15) is 13.2 Å². The van der Waals surface area contributed by atoms with Crippen LogP contribution in [0.5, 0.6) is 5.75 Å². The molecule has 8 heteroatoms. The van der Waals surface area contributed by atoms with Gasteiger partial charge in [-0.1, -0.05) is 20.8 Å². The highest BCUT2D eigenvalue weighted by Crippen LogP contribution is 2.26. The summed E-state index contributed by atoms with van der Waals surface area (Å²) in [6.45, 7) is 7.26. The number of pyridine rings is 1. The van der Waals surface area contributed by atoms with Crippen LogP contribution >= 0.6 is 0 Å². The number of rotatable bonds is 4. The molecule has 0 bridgehead atoms. The number of carbonyl (C=O) groups excluding carboxylic acids is 1. The van der Waals surface area contributed by atoms with Crippen molar-refractivity contribution in [3.05, 3.63) is 48.8 Å². The molecule has 0 spiro atoms. The van der Waals surface area contributed by atoms with E-state index in [-0.39, 0.29) is 17.4 Å². The van der Waals surface area contributed by atoms with E-state index in [2.05, 4.69) is 4.98 Å². The van der Waals surface area contributed by atoms with Crippen molar-refractivity contribution < 1.29 is 17.9 Å². The zero-order valence-corrected chi connectivity index (χ0v) is 19.7. The molecule has 0 saturated carbocycles. The van der Waals surface area contributed by atoms with E-state index < -0.39 is 9.84 Å². The van der Waals surface area contributed by atoms with Gasteiger partial charge in [-0.3, -0.25) is 4.79 Å². The van der Waals surface area contributed by atoms with Crippen molar-refractivity contribution in [2.45, 2.75) is 44.6 Å². The van der Waals surface area contributed by atoms with E-state index in [0.717, 1.165) is 29.6 Å². The van der Waals surface area contributed by atoms with Crippen LogP contribution in [0.4, 0.5) is 0 Å². The second-order valence-corrected chi connectivity index (χ2v) is 11.4. The van der Waals surface area contributed by atoms with Gasteiger partial charge in [-0.15, -0.1) is 0 Å². The first-order valence-corrected chi connectivity index (χ1v) is 12.7. The molecule has 1 fully saturated rings. The third-order valence-corrected chi connectivity index (χ3v) is 6.84. The van der Waals surface area contributed by atoms with Gasteiger partial charge in [0.25, 0.3) is 0 Å². The number of nitrogens with zero attached hydrogens (tertiary/aromatic N) is 3. The Kier molecular flexibility index (Phi) is 5.75. The Morgan fingerprint density at radius 1 is 1.09 bits per heavy atom. The van der Waals surface area contributed by atoms with Crippen LogP contribution < -0.4 is 4.74 Å². The van der Waals surface area contributed by atoms with Crippen molar-refractivity contribution >= 4 is 26.6 Å². The highest BCUT2D eigenvalue weighted by molar-refractivity contribution is 7.90. The normalized spacial score (nSPS) is 15.8. The Balaban J connectivity index is 1.43. The van der Waals surface area contributed by atoms with Crippen LogP contribution in [0.3, 0.4) is 0 Å². The molecule has 1 aliphatic heterocycles. The second-order valence-electron chi connectivity index (χ2n) is 9.39. The smallest absolute Gasteiger partial charge is 0.227 e. The number of piperidine rings is 1. The van der Waals surface area contributed by atoms with Gasteiger partial charge in [0.2, 0.25) is 5.91 Å². The maximum absolute atomic E-state index is 12.4. The number of carbonyl (C=O) groups is 1. The van der Waals surface area contributed by atoms with Crippen LogP contribution in [0.1, 0.15) is 33.6 Å². The topological polar surface area (TPSA) is 81.5 Å². The number of hydrogen-bond acceptors (Lipinski definition) is 5. The number of sulfone groups is 1. The van der Waals surface area contributed by atoms with Gasteiger partial charge in [-0.2, -0.15) is 0 Å². The van der Waals surface area contributed by atoms with Gasteiger partial charge >= 0.3 is 0 Å². The van der Waals surface area contributed by atoms with Crippen molar-refractivity contribution in [2.24, 2.45) is 5.41 Å². The Labute approximate surface area is 188 Å². The SMILES string of the molecule is CC(C)(C)C(=O)N1CCC(Oc2ccc(-n3ccc4cc(S(C)(=O)=O)ccc43)nc2)CC1. The molecule has 32 heavy (non-hydrogen) atoms. The zero-order valence-electron chi connectivity index (χ0n) is 18.9. The zero-order chi connectivity index (χ0) is 23.1. The second kappa shape index (κ2) is 8.24.